The Hall–Kier alpha value is -1.92. The third-order valence-corrected chi connectivity index (χ3v) is 4.84. The van der Waals surface area contributed by atoms with Crippen LogP contribution in [0.3, 0.4) is 0 Å². The Kier molecular flexibility index (Phi) is 9.98. The van der Waals surface area contributed by atoms with Crippen molar-refractivity contribution in [3.05, 3.63) is 59.2 Å². The number of nitrogens with one attached hydrogen (secondary N) is 2. The maximum absolute atomic E-state index is 6.08. The van der Waals surface area contributed by atoms with Crippen molar-refractivity contribution in [1.29, 1.82) is 0 Å². The number of hydrogen-bond acceptors (Lipinski definition) is 5. The van der Waals surface area contributed by atoms with E-state index in [0.717, 1.165) is 40.2 Å². The molecule has 0 unspecified atom stereocenters. The van der Waals surface area contributed by atoms with Crippen molar-refractivity contribution < 1.29 is 9.47 Å². The van der Waals surface area contributed by atoms with E-state index in [-0.39, 0.29) is 30.4 Å². The maximum Gasteiger partial charge on any atom is 0.122 e. The monoisotopic (exact) mass is 471 g/mol. The van der Waals surface area contributed by atoms with E-state index in [9.17, 15) is 0 Å². The van der Waals surface area contributed by atoms with Crippen LogP contribution in [0.1, 0.15) is 19.4 Å². The second-order valence-electron chi connectivity index (χ2n) is 7.33. The second-order valence-corrected chi connectivity index (χ2v) is 7.77. The van der Waals surface area contributed by atoms with Crippen LogP contribution >= 0.6 is 36.4 Å². The number of fused-ring (bicyclic) bond motifs is 1. The summed E-state index contributed by atoms with van der Waals surface area (Å²) in [6, 6.07) is 13.6. The Morgan fingerprint density at radius 1 is 0.967 bits per heavy atom. The lowest BCUT2D eigenvalue weighted by atomic mass is 10.0. The van der Waals surface area contributed by atoms with Gasteiger partial charge in [0.25, 0.3) is 0 Å². The zero-order valence-electron chi connectivity index (χ0n) is 17.5. The molecule has 164 valence electrons. The van der Waals surface area contributed by atoms with E-state index in [1.165, 1.54) is 0 Å². The van der Waals surface area contributed by atoms with Crippen LogP contribution in [0.5, 0.6) is 11.5 Å². The lowest BCUT2D eigenvalue weighted by Gasteiger charge is -2.28. The molecule has 8 heteroatoms. The zero-order valence-corrected chi connectivity index (χ0v) is 19.9. The molecule has 0 amide bonds. The number of benzene rings is 2. The van der Waals surface area contributed by atoms with Gasteiger partial charge in [-0.25, -0.2) is 0 Å². The average Bonchev–Trinajstić information content (AvgIpc) is 2.70. The quantitative estimate of drug-likeness (QED) is 0.438. The summed E-state index contributed by atoms with van der Waals surface area (Å²) in [6.07, 6.45) is 1.80. The molecule has 0 bridgehead atoms. The zero-order chi connectivity index (χ0) is 20.1. The summed E-state index contributed by atoms with van der Waals surface area (Å²) in [6.45, 7) is 5.78. The highest BCUT2D eigenvalue weighted by molar-refractivity contribution is 6.31. The van der Waals surface area contributed by atoms with Crippen molar-refractivity contribution in [1.82, 2.24) is 10.3 Å². The molecule has 0 spiro atoms. The Morgan fingerprint density at radius 2 is 1.63 bits per heavy atom. The van der Waals surface area contributed by atoms with Gasteiger partial charge in [-0.05, 0) is 55.8 Å². The predicted octanol–water partition coefficient (Wildman–Crippen LogP) is 5.73. The summed E-state index contributed by atoms with van der Waals surface area (Å²) in [5.41, 5.74) is 2.89. The van der Waals surface area contributed by atoms with Crippen molar-refractivity contribution in [3.63, 3.8) is 0 Å². The van der Waals surface area contributed by atoms with Gasteiger partial charge in [0, 0.05) is 47.0 Å². The molecule has 5 nitrogen and oxygen atoms in total. The predicted molar refractivity (Wildman–Crippen MR) is 130 cm³/mol. The van der Waals surface area contributed by atoms with E-state index in [1.807, 2.05) is 42.5 Å². The summed E-state index contributed by atoms with van der Waals surface area (Å²) >= 11 is 6.08. The lowest BCUT2D eigenvalue weighted by molar-refractivity contribution is 0.387. The van der Waals surface area contributed by atoms with Crippen LogP contribution in [0, 0.1) is 0 Å². The number of methoxy groups -OCH3 is 2. The number of hydrogen-bond donors (Lipinski definition) is 2. The maximum atomic E-state index is 6.08. The van der Waals surface area contributed by atoms with Gasteiger partial charge in [-0.2, -0.15) is 0 Å². The number of rotatable bonds is 8. The molecule has 0 aliphatic heterocycles. The standard InChI is InChI=1S/C22H26ClN3O2.2ClH/c1-22(2,26-13-15-9-17(27-3)12-18(10-15)28-4)14-25-20-7-8-24-21-11-16(23)5-6-19(20)21;;/h5-12,26H,13-14H2,1-4H3,(H,24,25);2*1H. The SMILES string of the molecule is COc1cc(CNC(C)(C)CNc2ccnc3cc(Cl)ccc23)cc(OC)c1.Cl.Cl. The molecule has 2 N–H and O–H groups in total. The van der Waals surface area contributed by atoms with Gasteiger partial charge in [0.2, 0.25) is 0 Å². The average molecular weight is 473 g/mol. The fourth-order valence-corrected chi connectivity index (χ4v) is 3.13. The Balaban J connectivity index is 0.00000225. The number of anilines is 1. The first-order valence-corrected chi connectivity index (χ1v) is 9.53. The van der Waals surface area contributed by atoms with Crippen molar-refractivity contribution in [2.45, 2.75) is 25.9 Å². The van der Waals surface area contributed by atoms with Crippen LogP contribution < -0.4 is 20.1 Å². The fraction of sp³-hybridized carbons (Fsp3) is 0.318. The molecule has 0 atom stereocenters. The minimum atomic E-state index is -0.141. The molecule has 1 heterocycles. The van der Waals surface area contributed by atoms with Crippen LogP contribution in [0.15, 0.2) is 48.7 Å². The summed E-state index contributed by atoms with van der Waals surface area (Å²) in [7, 11) is 3.32. The third kappa shape index (κ3) is 6.81. The molecular formula is C22H28Cl3N3O2. The van der Waals surface area contributed by atoms with Gasteiger partial charge in [0.15, 0.2) is 0 Å². The molecular weight excluding hydrogens is 445 g/mol. The van der Waals surface area contributed by atoms with Crippen molar-refractivity contribution in [2.75, 3.05) is 26.1 Å². The summed E-state index contributed by atoms with van der Waals surface area (Å²) in [5, 5.41) is 8.87. The van der Waals surface area contributed by atoms with Crippen LogP contribution in [0.25, 0.3) is 10.9 Å². The Bertz CT molecular complexity index is 945. The van der Waals surface area contributed by atoms with Gasteiger partial charge in [0.1, 0.15) is 11.5 Å². The van der Waals surface area contributed by atoms with Crippen molar-refractivity contribution >= 4 is 53.0 Å². The smallest absolute Gasteiger partial charge is 0.122 e. The third-order valence-electron chi connectivity index (χ3n) is 4.61. The number of nitrogens with zero attached hydrogens (tertiary/aromatic N) is 1. The summed E-state index contributed by atoms with van der Waals surface area (Å²) < 4.78 is 10.7. The molecule has 2 aromatic carbocycles. The Morgan fingerprint density at radius 3 is 2.27 bits per heavy atom. The number of halogens is 3. The van der Waals surface area contributed by atoms with Gasteiger partial charge >= 0.3 is 0 Å². The topological polar surface area (TPSA) is 55.4 Å². The highest BCUT2D eigenvalue weighted by Gasteiger charge is 2.17. The normalized spacial score (nSPS) is 10.7. The van der Waals surface area contributed by atoms with Gasteiger partial charge in [-0.3, -0.25) is 4.98 Å². The summed E-state index contributed by atoms with van der Waals surface area (Å²) in [4.78, 5) is 4.39. The molecule has 1 aromatic heterocycles. The molecule has 0 radical (unpaired) electrons. The molecule has 0 saturated heterocycles. The number of pyridine rings is 1. The van der Waals surface area contributed by atoms with E-state index in [4.69, 9.17) is 21.1 Å². The molecule has 30 heavy (non-hydrogen) atoms. The molecule has 0 aliphatic rings. The first kappa shape index (κ1) is 26.1. The second kappa shape index (κ2) is 11.5. The molecule has 3 aromatic rings. The van der Waals surface area contributed by atoms with Crippen molar-refractivity contribution in [3.8, 4) is 11.5 Å². The largest absolute Gasteiger partial charge is 0.497 e. The van der Waals surface area contributed by atoms with Crippen LogP contribution in [0.2, 0.25) is 5.02 Å². The van der Waals surface area contributed by atoms with E-state index in [0.29, 0.717) is 11.6 Å². The molecule has 0 fully saturated rings. The number of ether oxygens (including phenoxy) is 2. The fourth-order valence-electron chi connectivity index (χ4n) is 2.96. The van der Waals surface area contributed by atoms with Crippen LogP contribution in [0.4, 0.5) is 5.69 Å². The number of aromatic nitrogens is 1. The highest BCUT2D eigenvalue weighted by atomic mass is 35.5. The Labute approximate surface area is 195 Å². The minimum Gasteiger partial charge on any atom is -0.497 e. The minimum absolute atomic E-state index is 0. The molecule has 0 aliphatic carbocycles. The van der Waals surface area contributed by atoms with E-state index >= 15 is 0 Å². The molecule has 3 rings (SSSR count). The van der Waals surface area contributed by atoms with E-state index in [1.54, 1.807) is 20.4 Å². The molecule has 0 saturated carbocycles. The highest BCUT2D eigenvalue weighted by Crippen LogP contribution is 2.25. The van der Waals surface area contributed by atoms with Crippen LogP contribution in [-0.4, -0.2) is 31.3 Å². The van der Waals surface area contributed by atoms with Crippen LogP contribution in [-0.2, 0) is 6.54 Å². The van der Waals surface area contributed by atoms with Gasteiger partial charge < -0.3 is 20.1 Å². The summed E-state index contributed by atoms with van der Waals surface area (Å²) in [5.74, 6) is 1.57. The van der Waals surface area contributed by atoms with Gasteiger partial charge in [-0.1, -0.05) is 11.6 Å². The first-order valence-electron chi connectivity index (χ1n) is 9.15. The lowest BCUT2D eigenvalue weighted by Crippen LogP contribution is -2.44. The first-order chi connectivity index (χ1) is 13.4. The van der Waals surface area contributed by atoms with E-state index in [2.05, 4.69) is 29.5 Å². The van der Waals surface area contributed by atoms with Gasteiger partial charge in [0.05, 0.1) is 19.7 Å². The van der Waals surface area contributed by atoms with Gasteiger partial charge in [-0.15, -0.1) is 24.8 Å². The van der Waals surface area contributed by atoms with Crippen molar-refractivity contribution in [2.24, 2.45) is 0 Å². The van der Waals surface area contributed by atoms with E-state index < -0.39 is 0 Å².